The fourth-order valence-electron chi connectivity index (χ4n) is 3.45. The number of aliphatic carboxylic acids is 1. The molecule has 0 atom stereocenters. The van der Waals surface area contributed by atoms with Crippen LogP contribution in [0, 0.1) is 5.82 Å². The number of carboxylic acids is 1. The van der Waals surface area contributed by atoms with Gasteiger partial charge in [0.25, 0.3) is 0 Å². The third-order valence-corrected chi connectivity index (χ3v) is 5.78. The van der Waals surface area contributed by atoms with Crippen molar-refractivity contribution in [3.63, 3.8) is 0 Å². The van der Waals surface area contributed by atoms with Crippen LogP contribution >= 0.6 is 11.8 Å². The van der Waals surface area contributed by atoms with E-state index in [9.17, 15) is 9.18 Å². The molecule has 5 rings (SSSR count). The van der Waals surface area contributed by atoms with Gasteiger partial charge in [-0.15, -0.1) is 5.10 Å². The first-order chi connectivity index (χ1) is 15.5. The number of carbonyl (C=O) groups is 1. The number of nitrogens with one attached hydrogen (secondary N) is 1. The SMILES string of the molecule is O=C(O)CSc1n[nH]c(-c2ccc(-c3ccc4c(ccn4Cc4ccc(F)cc4)c3)o2)n1. The molecule has 0 aliphatic rings. The number of aromatic amines is 1. The summed E-state index contributed by atoms with van der Waals surface area (Å²) in [5.74, 6) is 0.364. The average molecular weight is 448 g/mol. The number of H-pyrrole nitrogens is 1. The zero-order valence-corrected chi connectivity index (χ0v) is 17.5. The zero-order chi connectivity index (χ0) is 22.1. The van der Waals surface area contributed by atoms with Crippen LogP contribution in [0.25, 0.3) is 33.8 Å². The van der Waals surface area contributed by atoms with Gasteiger partial charge in [-0.25, -0.2) is 4.39 Å². The lowest BCUT2D eigenvalue weighted by Crippen LogP contribution is -1.97. The van der Waals surface area contributed by atoms with Gasteiger partial charge in [0.05, 0.1) is 5.75 Å². The van der Waals surface area contributed by atoms with Gasteiger partial charge >= 0.3 is 5.97 Å². The van der Waals surface area contributed by atoms with E-state index in [1.165, 1.54) is 12.1 Å². The summed E-state index contributed by atoms with van der Waals surface area (Å²) in [7, 11) is 0. The van der Waals surface area contributed by atoms with Crippen LogP contribution in [0.3, 0.4) is 0 Å². The smallest absolute Gasteiger partial charge is 0.313 e. The number of aromatic nitrogens is 4. The maximum absolute atomic E-state index is 13.2. The maximum atomic E-state index is 13.2. The van der Waals surface area contributed by atoms with E-state index in [0.29, 0.717) is 29.0 Å². The molecular formula is C23H17FN4O3S. The molecule has 0 unspecified atom stereocenters. The molecular weight excluding hydrogens is 431 g/mol. The molecule has 2 N–H and O–H groups in total. The molecule has 0 aliphatic heterocycles. The van der Waals surface area contributed by atoms with Crippen LogP contribution in [-0.4, -0.2) is 36.6 Å². The second kappa shape index (κ2) is 8.35. The third kappa shape index (κ3) is 4.15. The molecule has 0 fully saturated rings. The average Bonchev–Trinajstić information content (AvgIpc) is 3.53. The van der Waals surface area contributed by atoms with Crippen molar-refractivity contribution in [2.75, 3.05) is 5.75 Å². The Morgan fingerprint density at radius 3 is 2.72 bits per heavy atom. The fraction of sp³-hybridized carbons (Fsp3) is 0.0870. The van der Waals surface area contributed by atoms with E-state index in [4.69, 9.17) is 9.52 Å². The van der Waals surface area contributed by atoms with Gasteiger partial charge in [0.2, 0.25) is 5.16 Å². The Kier molecular flexibility index (Phi) is 5.24. The molecule has 5 aromatic rings. The molecule has 32 heavy (non-hydrogen) atoms. The van der Waals surface area contributed by atoms with Crippen molar-refractivity contribution in [3.8, 4) is 22.9 Å². The monoisotopic (exact) mass is 448 g/mol. The molecule has 0 saturated carbocycles. The van der Waals surface area contributed by atoms with Crippen molar-refractivity contribution >= 4 is 28.6 Å². The van der Waals surface area contributed by atoms with E-state index in [1.807, 2.05) is 36.5 Å². The lowest BCUT2D eigenvalue weighted by atomic mass is 10.1. The predicted molar refractivity (Wildman–Crippen MR) is 119 cm³/mol. The second-order valence-corrected chi connectivity index (χ2v) is 8.10. The van der Waals surface area contributed by atoms with Crippen molar-refractivity contribution in [2.45, 2.75) is 11.7 Å². The number of rotatable bonds is 7. The van der Waals surface area contributed by atoms with E-state index in [-0.39, 0.29) is 11.6 Å². The summed E-state index contributed by atoms with van der Waals surface area (Å²) in [5.41, 5.74) is 3.01. The van der Waals surface area contributed by atoms with Crippen molar-refractivity contribution < 1.29 is 18.7 Å². The van der Waals surface area contributed by atoms with Crippen molar-refractivity contribution in [1.82, 2.24) is 19.7 Å². The first-order valence-electron chi connectivity index (χ1n) is 9.76. The summed E-state index contributed by atoms with van der Waals surface area (Å²) in [6, 6.07) is 18.3. The quantitative estimate of drug-likeness (QED) is 0.338. The number of fused-ring (bicyclic) bond motifs is 1. The lowest BCUT2D eigenvalue weighted by molar-refractivity contribution is -0.133. The summed E-state index contributed by atoms with van der Waals surface area (Å²) in [6.07, 6.45) is 2.01. The standard InChI is InChI=1S/C23H17FN4O3S/c24-17-4-1-14(2-5-17)12-28-10-9-15-11-16(3-6-18(15)28)19-7-8-20(31-19)22-25-23(27-26-22)32-13-21(29)30/h1-11H,12-13H2,(H,29,30)(H,25,26,27). The van der Waals surface area contributed by atoms with Gasteiger partial charge in [-0.3, -0.25) is 9.89 Å². The first kappa shape index (κ1) is 20.1. The highest BCUT2D eigenvalue weighted by Gasteiger charge is 2.13. The third-order valence-electron chi connectivity index (χ3n) is 4.95. The van der Waals surface area contributed by atoms with Gasteiger partial charge in [0.15, 0.2) is 11.6 Å². The number of benzene rings is 2. The predicted octanol–water partition coefficient (Wildman–Crippen LogP) is 5.05. The first-order valence-corrected chi connectivity index (χ1v) is 10.7. The number of nitrogens with zero attached hydrogens (tertiary/aromatic N) is 3. The van der Waals surface area contributed by atoms with Crippen LogP contribution in [0.5, 0.6) is 0 Å². The normalized spacial score (nSPS) is 11.3. The van der Waals surface area contributed by atoms with Gasteiger partial charge in [-0.1, -0.05) is 23.9 Å². The minimum Gasteiger partial charge on any atom is -0.481 e. The van der Waals surface area contributed by atoms with Crippen LogP contribution in [-0.2, 0) is 11.3 Å². The van der Waals surface area contributed by atoms with Crippen LogP contribution < -0.4 is 0 Å². The minimum atomic E-state index is -0.927. The van der Waals surface area contributed by atoms with Crippen LogP contribution in [0.1, 0.15) is 5.56 Å². The van der Waals surface area contributed by atoms with Gasteiger partial charge in [0, 0.05) is 29.2 Å². The number of hydrogen-bond donors (Lipinski definition) is 2. The molecule has 0 saturated heterocycles. The highest BCUT2D eigenvalue weighted by Crippen LogP contribution is 2.30. The number of thioether (sulfide) groups is 1. The molecule has 3 aromatic heterocycles. The van der Waals surface area contributed by atoms with Crippen molar-refractivity contribution in [2.24, 2.45) is 0 Å². The molecule has 3 heterocycles. The lowest BCUT2D eigenvalue weighted by Gasteiger charge is -2.06. The van der Waals surface area contributed by atoms with Gasteiger partial charge in [0.1, 0.15) is 11.6 Å². The highest BCUT2D eigenvalue weighted by atomic mass is 32.2. The summed E-state index contributed by atoms with van der Waals surface area (Å²) < 4.78 is 21.2. The van der Waals surface area contributed by atoms with Crippen LogP contribution in [0.15, 0.2) is 76.4 Å². The maximum Gasteiger partial charge on any atom is 0.313 e. The Morgan fingerprint density at radius 1 is 1.09 bits per heavy atom. The highest BCUT2D eigenvalue weighted by molar-refractivity contribution is 7.99. The molecule has 0 spiro atoms. The molecule has 0 radical (unpaired) electrons. The molecule has 160 valence electrons. The number of furan rings is 1. The van der Waals surface area contributed by atoms with Crippen molar-refractivity contribution in [1.29, 1.82) is 0 Å². The molecule has 0 amide bonds. The molecule has 7 nitrogen and oxygen atoms in total. The number of halogens is 1. The second-order valence-electron chi connectivity index (χ2n) is 7.16. The van der Waals surface area contributed by atoms with Gasteiger partial charge in [-0.2, -0.15) is 4.98 Å². The van der Waals surface area contributed by atoms with E-state index >= 15 is 0 Å². The van der Waals surface area contributed by atoms with Gasteiger partial charge in [-0.05, 0) is 54.1 Å². The summed E-state index contributed by atoms with van der Waals surface area (Å²) >= 11 is 1.04. The van der Waals surface area contributed by atoms with Crippen LogP contribution in [0.4, 0.5) is 4.39 Å². The Labute approximate surface area is 185 Å². The fourth-order valence-corrected chi connectivity index (χ4v) is 3.96. The van der Waals surface area contributed by atoms with E-state index in [0.717, 1.165) is 33.8 Å². The topological polar surface area (TPSA) is 96.9 Å². The Bertz CT molecular complexity index is 1400. The summed E-state index contributed by atoms with van der Waals surface area (Å²) in [4.78, 5) is 15.0. The molecule has 0 bridgehead atoms. The Morgan fingerprint density at radius 2 is 1.91 bits per heavy atom. The number of hydrogen-bond acceptors (Lipinski definition) is 5. The van der Waals surface area contributed by atoms with Gasteiger partial charge < -0.3 is 14.1 Å². The summed E-state index contributed by atoms with van der Waals surface area (Å²) in [6.45, 7) is 0.655. The van der Waals surface area contributed by atoms with Crippen molar-refractivity contribution in [3.05, 3.63) is 78.2 Å². The molecule has 0 aliphatic carbocycles. The Balaban J connectivity index is 1.36. The largest absolute Gasteiger partial charge is 0.481 e. The van der Waals surface area contributed by atoms with Crippen LogP contribution in [0.2, 0.25) is 0 Å². The van der Waals surface area contributed by atoms with E-state index in [1.54, 1.807) is 18.2 Å². The van der Waals surface area contributed by atoms with E-state index in [2.05, 4.69) is 19.7 Å². The van der Waals surface area contributed by atoms with E-state index < -0.39 is 5.97 Å². The minimum absolute atomic E-state index is 0.110. The summed E-state index contributed by atoms with van der Waals surface area (Å²) in [5, 5.41) is 17.0. The Hall–Kier alpha value is -3.85. The molecule has 2 aromatic carbocycles. The number of carboxylic acid groups (broad SMARTS) is 1. The zero-order valence-electron chi connectivity index (χ0n) is 16.7. The molecule has 9 heteroatoms.